The van der Waals surface area contributed by atoms with Gasteiger partial charge in [-0.25, -0.2) is 9.97 Å². The van der Waals surface area contributed by atoms with Crippen molar-refractivity contribution in [1.29, 1.82) is 0 Å². The average molecular weight is 386 g/mol. The molecular formula is C20H23N3OS2. The summed E-state index contributed by atoms with van der Waals surface area (Å²) >= 11 is 3.17. The molecule has 3 rings (SSSR count). The molecule has 0 N–H and O–H groups in total. The zero-order valence-corrected chi connectivity index (χ0v) is 17.4. The van der Waals surface area contributed by atoms with Crippen molar-refractivity contribution in [3.63, 3.8) is 0 Å². The van der Waals surface area contributed by atoms with Crippen LogP contribution in [-0.4, -0.2) is 33.6 Å². The number of thioether (sulfide) groups is 1. The monoisotopic (exact) mass is 385 g/mol. The Kier molecular flexibility index (Phi) is 5.63. The summed E-state index contributed by atoms with van der Waals surface area (Å²) in [5.41, 5.74) is 4.86. The third-order valence-electron chi connectivity index (χ3n) is 4.59. The Morgan fingerprint density at radius 3 is 2.69 bits per heavy atom. The molecule has 3 aromatic rings. The topological polar surface area (TPSA) is 46.1 Å². The number of aromatic nitrogens is 2. The van der Waals surface area contributed by atoms with Gasteiger partial charge in [-0.2, -0.15) is 0 Å². The van der Waals surface area contributed by atoms with Crippen molar-refractivity contribution in [2.75, 3.05) is 12.8 Å². The maximum atomic E-state index is 12.6. The molecule has 26 heavy (non-hydrogen) atoms. The van der Waals surface area contributed by atoms with Crippen LogP contribution in [0.4, 0.5) is 0 Å². The van der Waals surface area contributed by atoms with E-state index in [1.165, 1.54) is 38.9 Å². The van der Waals surface area contributed by atoms with Gasteiger partial charge in [-0.3, -0.25) is 4.79 Å². The van der Waals surface area contributed by atoms with Crippen molar-refractivity contribution >= 4 is 39.2 Å². The second-order valence-electron chi connectivity index (χ2n) is 6.61. The second kappa shape index (κ2) is 7.76. The predicted molar refractivity (Wildman–Crippen MR) is 110 cm³/mol. The van der Waals surface area contributed by atoms with E-state index in [9.17, 15) is 4.79 Å². The average Bonchev–Trinajstić information content (AvgIpc) is 2.90. The Balaban J connectivity index is 1.69. The zero-order valence-electron chi connectivity index (χ0n) is 15.8. The summed E-state index contributed by atoms with van der Waals surface area (Å²) in [6, 6.07) is 6.35. The van der Waals surface area contributed by atoms with Crippen LogP contribution in [0.25, 0.3) is 10.2 Å². The van der Waals surface area contributed by atoms with Gasteiger partial charge in [-0.1, -0.05) is 35.5 Å². The molecule has 1 amide bonds. The van der Waals surface area contributed by atoms with Crippen LogP contribution in [0.2, 0.25) is 0 Å². The highest BCUT2D eigenvalue weighted by molar-refractivity contribution is 8.00. The summed E-state index contributed by atoms with van der Waals surface area (Å²) in [5, 5.41) is 1.98. The molecule has 0 spiro atoms. The Hall–Kier alpha value is -1.92. The van der Waals surface area contributed by atoms with E-state index in [0.717, 1.165) is 15.2 Å². The van der Waals surface area contributed by atoms with Crippen LogP contribution in [-0.2, 0) is 11.3 Å². The van der Waals surface area contributed by atoms with Crippen molar-refractivity contribution in [1.82, 2.24) is 14.9 Å². The molecule has 1 aromatic carbocycles. The molecule has 4 nitrogen and oxygen atoms in total. The van der Waals surface area contributed by atoms with Crippen molar-refractivity contribution in [2.45, 2.75) is 39.3 Å². The number of aryl methyl sites for hydroxylation is 4. The Morgan fingerprint density at radius 2 is 1.96 bits per heavy atom. The van der Waals surface area contributed by atoms with E-state index in [0.29, 0.717) is 12.3 Å². The number of amides is 1. The van der Waals surface area contributed by atoms with Crippen molar-refractivity contribution in [3.05, 3.63) is 51.7 Å². The van der Waals surface area contributed by atoms with Crippen molar-refractivity contribution in [3.8, 4) is 0 Å². The highest BCUT2D eigenvalue weighted by Crippen LogP contribution is 2.34. The fourth-order valence-corrected chi connectivity index (χ4v) is 4.92. The van der Waals surface area contributed by atoms with E-state index in [1.807, 2.05) is 7.05 Å². The number of carbonyl (C=O) groups excluding carboxylic acids is 1. The number of fused-ring (bicyclic) bond motifs is 1. The first-order valence-electron chi connectivity index (χ1n) is 8.50. The standard InChI is InChI=1S/C20H23N3OS2/c1-12-6-7-16(13(2)8-12)9-23(5)17(24)10-25-19-18-14(3)15(4)26-20(18)22-11-21-19/h6-8,11H,9-10H2,1-5H3. The Morgan fingerprint density at radius 1 is 1.19 bits per heavy atom. The largest absolute Gasteiger partial charge is 0.341 e. The van der Waals surface area contributed by atoms with E-state index in [2.05, 4.69) is 55.9 Å². The highest BCUT2D eigenvalue weighted by atomic mass is 32.2. The zero-order chi connectivity index (χ0) is 18.8. The van der Waals surface area contributed by atoms with Crippen LogP contribution in [0.15, 0.2) is 29.6 Å². The van der Waals surface area contributed by atoms with Crippen LogP contribution in [0, 0.1) is 27.7 Å². The SMILES string of the molecule is Cc1ccc(CN(C)C(=O)CSc2ncnc3sc(C)c(C)c23)c(C)c1. The Bertz CT molecular complexity index is 965. The molecule has 0 fully saturated rings. The van der Waals surface area contributed by atoms with Crippen LogP contribution < -0.4 is 0 Å². The van der Waals surface area contributed by atoms with Gasteiger partial charge in [-0.15, -0.1) is 11.3 Å². The third kappa shape index (κ3) is 3.91. The molecule has 0 aliphatic carbocycles. The van der Waals surface area contributed by atoms with Gasteiger partial charge in [0.05, 0.1) is 5.75 Å². The molecule has 136 valence electrons. The van der Waals surface area contributed by atoms with Crippen LogP contribution in [0.3, 0.4) is 0 Å². The third-order valence-corrected chi connectivity index (χ3v) is 6.68. The summed E-state index contributed by atoms with van der Waals surface area (Å²) in [4.78, 5) is 25.4. The van der Waals surface area contributed by atoms with E-state index < -0.39 is 0 Å². The first-order chi connectivity index (χ1) is 12.4. The number of hydrogen-bond acceptors (Lipinski definition) is 5. The van der Waals surface area contributed by atoms with Gasteiger partial charge in [-0.05, 0) is 44.4 Å². The maximum Gasteiger partial charge on any atom is 0.233 e. The van der Waals surface area contributed by atoms with Gasteiger partial charge in [0.2, 0.25) is 5.91 Å². The molecular weight excluding hydrogens is 362 g/mol. The lowest BCUT2D eigenvalue weighted by atomic mass is 10.1. The Labute approximate surface area is 162 Å². The van der Waals surface area contributed by atoms with E-state index in [1.54, 1.807) is 22.6 Å². The lowest BCUT2D eigenvalue weighted by Gasteiger charge is -2.18. The summed E-state index contributed by atoms with van der Waals surface area (Å²) in [6.07, 6.45) is 1.59. The fraction of sp³-hybridized carbons (Fsp3) is 0.350. The van der Waals surface area contributed by atoms with Crippen LogP contribution >= 0.6 is 23.1 Å². The summed E-state index contributed by atoms with van der Waals surface area (Å²) in [6.45, 7) is 8.99. The fourth-order valence-electron chi connectivity index (χ4n) is 2.87. The van der Waals surface area contributed by atoms with Gasteiger partial charge in [0.1, 0.15) is 16.2 Å². The number of thiophene rings is 1. The molecule has 0 aliphatic heterocycles. The molecule has 0 unspecified atom stereocenters. The van der Waals surface area contributed by atoms with Gasteiger partial charge in [0.15, 0.2) is 0 Å². The number of hydrogen-bond donors (Lipinski definition) is 0. The van der Waals surface area contributed by atoms with Gasteiger partial charge in [0, 0.05) is 23.9 Å². The molecule has 2 heterocycles. The molecule has 0 atom stereocenters. The lowest BCUT2D eigenvalue weighted by molar-refractivity contribution is -0.127. The number of carbonyl (C=O) groups is 1. The molecule has 0 radical (unpaired) electrons. The van der Waals surface area contributed by atoms with Crippen molar-refractivity contribution < 1.29 is 4.79 Å². The molecule has 2 aromatic heterocycles. The number of nitrogens with zero attached hydrogens (tertiary/aromatic N) is 3. The maximum absolute atomic E-state index is 12.6. The smallest absolute Gasteiger partial charge is 0.233 e. The number of rotatable bonds is 5. The van der Waals surface area contributed by atoms with Gasteiger partial charge < -0.3 is 4.90 Å². The minimum absolute atomic E-state index is 0.103. The minimum atomic E-state index is 0.103. The summed E-state index contributed by atoms with van der Waals surface area (Å²) < 4.78 is 0. The van der Waals surface area contributed by atoms with E-state index in [4.69, 9.17) is 0 Å². The quantitative estimate of drug-likeness (QED) is 0.473. The second-order valence-corrected chi connectivity index (χ2v) is 8.78. The van der Waals surface area contributed by atoms with Crippen LogP contribution in [0.1, 0.15) is 27.1 Å². The first-order valence-corrected chi connectivity index (χ1v) is 10.3. The molecule has 0 saturated carbocycles. The van der Waals surface area contributed by atoms with E-state index in [-0.39, 0.29) is 5.91 Å². The van der Waals surface area contributed by atoms with Gasteiger partial charge in [0.25, 0.3) is 0 Å². The first kappa shape index (κ1) is 18.9. The van der Waals surface area contributed by atoms with Gasteiger partial charge >= 0.3 is 0 Å². The molecule has 6 heteroatoms. The summed E-state index contributed by atoms with van der Waals surface area (Å²) in [5.74, 6) is 0.480. The molecule has 0 bridgehead atoms. The summed E-state index contributed by atoms with van der Waals surface area (Å²) in [7, 11) is 1.86. The number of benzene rings is 1. The normalized spacial score (nSPS) is 11.1. The van der Waals surface area contributed by atoms with E-state index >= 15 is 0 Å². The molecule has 0 aliphatic rings. The van der Waals surface area contributed by atoms with Crippen molar-refractivity contribution in [2.24, 2.45) is 0 Å². The predicted octanol–water partition coefficient (Wildman–Crippen LogP) is 4.68. The molecule has 0 saturated heterocycles. The lowest BCUT2D eigenvalue weighted by Crippen LogP contribution is -2.28. The highest BCUT2D eigenvalue weighted by Gasteiger charge is 2.16. The minimum Gasteiger partial charge on any atom is -0.341 e. The van der Waals surface area contributed by atoms with Crippen LogP contribution in [0.5, 0.6) is 0 Å².